The van der Waals surface area contributed by atoms with E-state index in [4.69, 9.17) is 0 Å². The minimum Gasteiger partial charge on any atom is -0.283 e. The van der Waals surface area contributed by atoms with E-state index in [-0.39, 0.29) is 18.5 Å². The molecule has 1 aromatic rings. The molecule has 2 amide bonds. The minimum absolute atomic E-state index is 0.0179. The Morgan fingerprint density at radius 3 is 2.32 bits per heavy atom. The Balaban J connectivity index is 1.37. The molecule has 1 aromatic heterocycles. The van der Waals surface area contributed by atoms with Gasteiger partial charge in [0.15, 0.2) is 0 Å². The highest BCUT2D eigenvalue weighted by Gasteiger charge is 2.51. The monoisotopic (exact) mass is 489 g/mol. The molecule has 0 unspecified atom stereocenters. The van der Waals surface area contributed by atoms with E-state index in [0.717, 1.165) is 35.9 Å². The van der Waals surface area contributed by atoms with Gasteiger partial charge in [0.05, 0.1) is 15.9 Å². The van der Waals surface area contributed by atoms with E-state index in [1.54, 1.807) is 12.1 Å². The van der Waals surface area contributed by atoms with E-state index in [1.807, 2.05) is 4.90 Å². The smallest absolute Gasteiger partial charge is 0.252 e. The predicted octanol–water partition coefficient (Wildman–Crippen LogP) is 2.48. The standard InChI is InChI=1S/C18H24BrN3O4S2/c19-14-4-5-16(27-14)28(25,26)21-10-8-20(9-11-21)13-22-15(23)12-18(17(22)24)6-2-1-3-7-18/h4-5H,1-3,6-13H2. The number of carbonyl (C=O) groups is 2. The second-order valence-electron chi connectivity index (χ2n) is 7.87. The molecule has 2 saturated heterocycles. The van der Waals surface area contributed by atoms with Crippen molar-refractivity contribution in [2.24, 2.45) is 5.41 Å². The minimum atomic E-state index is -3.49. The van der Waals surface area contributed by atoms with Gasteiger partial charge in [-0.3, -0.25) is 19.4 Å². The number of thiophene rings is 1. The SMILES string of the molecule is O=C1CC2(CCCCC2)C(=O)N1CN1CCN(S(=O)(=O)c2ccc(Br)s2)CC1. The van der Waals surface area contributed by atoms with Crippen LogP contribution < -0.4 is 0 Å². The van der Waals surface area contributed by atoms with E-state index in [2.05, 4.69) is 15.9 Å². The first kappa shape index (κ1) is 20.5. The first-order valence-corrected chi connectivity index (χ1v) is 12.7. The molecule has 3 aliphatic rings. The van der Waals surface area contributed by atoms with Gasteiger partial charge in [0, 0.05) is 32.6 Å². The fourth-order valence-electron chi connectivity index (χ4n) is 4.50. The van der Waals surface area contributed by atoms with E-state index < -0.39 is 15.4 Å². The van der Waals surface area contributed by atoms with Gasteiger partial charge in [-0.25, -0.2) is 8.42 Å². The lowest BCUT2D eigenvalue weighted by Crippen LogP contribution is -2.52. The van der Waals surface area contributed by atoms with Gasteiger partial charge in [-0.1, -0.05) is 19.3 Å². The molecule has 7 nitrogen and oxygen atoms in total. The lowest BCUT2D eigenvalue weighted by Gasteiger charge is -2.36. The molecule has 1 aliphatic carbocycles. The summed E-state index contributed by atoms with van der Waals surface area (Å²) in [4.78, 5) is 28.9. The number of hydrogen-bond acceptors (Lipinski definition) is 6. The largest absolute Gasteiger partial charge is 0.283 e. The predicted molar refractivity (Wildman–Crippen MR) is 109 cm³/mol. The molecule has 10 heteroatoms. The highest BCUT2D eigenvalue weighted by molar-refractivity contribution is 9.11. The summed E-state index contributed by atoms with van der Waals surface area (Å²) >= 11 is 4.51. The highest BCUT2D eigenvalue weighted by Crippen LogP contribution is 2.45. The van der Waals surface area contributed by atoms with Gasteiger partial charge < -0.3 is 0 Å². The second-order valence-corrected chi connectivity index (χ2v) is 12.5. The van der Waals surface area contributed by atoms with Crippen LogP contribution in [0.3, 0.4) is 0 Å². The first-order chi connectivity index (χ1) is 13.3. The summed E-state index contributed by atoms with van der Waals surface area (Å²) in [6.45, 7) is 2.02. The normalized spacial score (nSPS) is 24.4. The molecule has 28 heavy (non-hydrogen) atoms. The van der Waals surface area contributed by atoms with Crippen LogP contribution in [0.4, 0.5) is 0 Å². The Morgan fingerprint density at radius 2 is 1.71 bits per heavy atom. The Kier molecular flexibility index (Phi) is 5.69. The number of likely N-dealkylation sites (tertiary alicyclic amines) is 1. The van der Waals surface area contributed by atoms with Crippen molar-refractivity contribution in [3.8, 4) is 0 Å². The zero-order valence-corrected chi connectivity index (χ0v) is 18.8. The van der Waals surface area contributed by atoms with Crippen molar-refractivity contribution >= 4 is 49.1 Å². The summed E-state index contributed by atoms with van der Waals surface area (Å²) < 4.78 is 28.1. The molecule has 2 aliphatic heterocycles. The van der Waals surface area contributed by atoms with E-state index in [0.29, 0.717) is 36.8 Å². The van der Waals surface area contributed by atoms with Crippen molar-refractivity contribution in [1.82, 2.24) is 14.1 Å². The van der Waals surface area contributed by atoms with Gasteiger partial charge in [-0.05, 0) is 40.9 Å². The fraction of sp³-hybridized carbons (Fsp3) is 0.667. The zero-order valence-electron chi connectivity index (χ0n) is 15.6. The molecule has 154 valence electrons. The lowest BCUT2D eigenvalue weighted by atomic mass is 9.73. The molecule has 4 rings (SSSR count). The van der Waals surface area contributed by atoms with Crippen LogP contribution in [0.2, 0.25) is 0 Å². The number of halogens is 1. The van der Waals surface area contributed by atoms with Gasteiger partial charge in [0.25, 0.3) is 10.0 Å². The average molecular weight is 490 g/mol. The third kappa shape index (κ3) is 3.69. The Hall–Kier alpha value is -0.810. The van der Waals surface area contributed by atoms with Crippen molar-refractivity contribution in [2.75, 3.05) is 32.8 Å². The molecule has 0 aromatic carbocycles. The van der Waals surface area contributed by atoms with Gasteiger partial charge >= 0.3 is 0 Å². The molecule has 1 saturated carbocycles. The number of sulfonamides is 1. The molecule has 3 heterocycles. The van der Waals surface area contributed by atoms with Crippen molar-refractivity contribution in [2.45, 2.75) is 42.7 Å². The Morgan fingerprint density at radius 1 is 1.04 bits per heavy atom. The summed E-state index contributed by atoms with van der Waals surface area (Å²) in [5.74, 6) is -0.0962. The van der Waals surface area contributed by atoms with Crippen molar-refractivity contribution < 1.29 is 18.0 Å². The quantitative estimate of drug-likeness (QED) is 0.607. The zero-order chi connectivity index (χ0) is 19.9. The molecule has 0 N–H and O–H groups in total. The summed E-state index contributed by atoms with van der Waals surface area (Å²) in [7, 11) is -3.49. The van der Waals surface area contributed by atoms with Crippen LogP contribution in [0.1, 0.15) is 38.5 Å². The highest BCUT2D eigenvalue weighted by atomic mass is 79.9. The van der Waals surface area contributed by atoms with Crippen LogP contribution in [-0.2, 0) is 19.6 Å². The van der Waals surface area contributed by atoms with E-state index in [1.165, 1.54) is 20.5 Å². The lowest BCUT2D eigenvalue weighted by molar-refractivity contribution is -0.145. The van der Waals surface area contributed by atoms with Crippen LogP contribution in [-0.4, -0.2) is 67.2 Å². The number of nitrogens with zero attached hydrogens (tertiary/aromatic N) is 3. The Labute approximate surface area is 177 Å². The summed E-state index contributed by atoms with van der Waals surface area (Å²) in [6.07, 6.45) is 5.14. The third-order valence-corrected chi connectivity index (χ3v) is 10.1. The van der Waals surface area contributed by atoms with Crippen molar-refractivity contribution in [3.63, 3.8) is 0 Å². The first-order valence-electron chi connectivity index (χ1n) is 9.64. The molecular formula is C18H24BrN3O4S2. The molecule has 0 radical (unpaired) electrons. The number of amides is 2. The topological polar surface area (TPSA) is 78.0 Å². The molecule has 3 fully saturated rings. The second kappa shape index (κ2) is 7.79. The van der Waals surface area contributed by atoms with Gasteiger partial charge in [0.2, 0.25) is 11.8 Å². The summed E-state index contributed by atoms with van der Waals surface area (Å²) in [5.41, 5.74) is -0.465. The fourth-order valence-corrected chi connectivity index (χ4v) is 8.08. The van der Waals surface area contributed by atoms with Crippen LogP contribution in [0, 0.1) is 5.41 Å². The summed E-state index contributed by atoms with van der Waals surface area (Å²) in [5, 5.41) is 0. The number of imide groups is 1. The third-order valence-electron chi connectivity index (χ3n) is 6.12. The molecule has 0 atom stereocenters. The maximum absolute atomic E-state index is 12.9. The van der Waals surface area contributed by atoms with Crippen LogP contribution in [0.25, 0.3) is 0 Å². The van der Waals surface area contributed by atoms with Crippen LogP contribution >= 0.6 is 27.3 Å². The van der Waals surface area contributed by atoms with Gasteiger partial charge in [-0.2, -0.15) is 4.31 Å². The number of rotatable bonds is 4. The molecule has 1 spiro atoms. The van der Waals surface area contributed by atoms with Gasteiger partial charge in [0.1, 0.15) is 4.21 Å². The number of hydrogen-bond donors (Lipinski definition) is 0. The van der Waals surface area contributed by atoms with Crippen molar-refractivity contribution in [3.05, 3.63) is 15.9 Å². The maximum atomic E-state index is 12.9. The number of carbonyl (C=O) groups excluding carboxylic acids is 2. The van der Waals surface area contributed by atoms with Gasteiger partial charge in [-0.15, -0.1) is 11.3 Å². The van der Waals surface area contributed by atoms with Crippen LogP contribution in [0.5, 0.6) is 0 Å². The van der Waals surface area contributed by atoms with E-state index >= 15 is 0 Å². The summed E-state index contributed by atoms with van der Waals surface area (Å²) in [6, 6.07) is 3.35. The Bertz CT molecular complexity index is 871. The van der Waals surface area contributed by atoms with E-state index in [9.17, 15) is 18.0 Å². The molecular weight excluding hydrogens is 466 g/mol. The maximum Gasteiger partial charge on any atom is 0.252 e. The van der Waals surface area contributed by atoms with Crippen molar-refractivity contribution in [1.29, 1.82) is 0 Å². The van der Waals surface area contributed by atoms with Crippen LogP contribution in [0.15, 0.2) is 20.1 Å². The molecule has 0 bridgehead atoms. The average Bonchev–Trinajstić information content (AvgIpc) is 3.21. The number of piperazine rings is 1.